The first-order valence-electron chi connectivity index (χ1n) is 4.87. The summed E-state index contributed by atoms with van der Waals surface area (Å²) in [7, 11) is 0. The van der Waals surface area contributed by atoms with Crippen molar-refractivity contribution in [2.24, 2.45) is 0 Å². The first-order valence-corrected chi connectivity index (χ1v) is 4.87. The van der Waals surface area contributed by atoms with Crippen molar-refractivity contribution in [2.75, 3.05) is 0 Å². The molecule has 15 heavy (non-hydrogen) atoms. The van der Waals surface area contributed by atoms with Crippen LogP contribution in [0.1, 0.15) is 24.2 Å². The molecule has 0 saturated heterocycles. The van der Waals surface area contributed by atoms with Gasteiger partial charge in [0.2, 0.25) is 5.89 Å². The average molecular weight is 204 g/mol. The molecule has 0 saturated carbocycles. The third kappa shape index (κ3) is 2.34. The van der Waals surface area contributed by atoms with Gasteiger partial charge in [0.25, 0.3) is 0 Å². The second-order valence-corrected chi connectivity index (χ2v) is 3.30. The molecule has 1 N–H and O–H groups in total. The van der Waals surface area contributed by atoms with Crippen molar-refractivity contribution in [2.45, 2.75) is 19.8 Å². The molecule has 1 aromatic carbocycles. The van der Waals surface area contributed by atoms with Gasteiger partial charge in [0, 0.05) is 6.42 Å². The maximum atomic E-state index is 9.11. The van der Waals surface area contributed by atoms with Crippen molar-refractivity contribution < 1.29 is 9.63 Å². The smallest absolute Gasteiger partial charge is 0.231 e. The van der Waals surface area contributed by atoms with Gasteiger partial charge in [-0.1, -0.05) is 24.2 Å². The van der Waals surface area contributed by atoms with E-state index in [-0.39, 0.29) is 5.75 Å². The highest BCUT2D eigenvalue weighted by atomic mass is 16.5. The second kappa shape index (κ2) is 4.13. The summed E-state index contributed by atoms with van der Waals surface area (Å²) in [6.45, 7) is 1.98. The molecule has 4 heteroatoms. The second-order valence-electron chi connectivity index (χ2n) is 3.30. The fraction of sp³-hybridized carbons (Fsp3) is 0.273. The van der Waals surface area contributed by atoms with Crippen molar-refractivity contribution in [3.63, 3.8) is 0 Å². The first-order chi connectivity index (χ1) is 7.28. The molecule has 2 aromatic rings. The number of aromatic hydroxyl groups is 1. The summed E-state index contributed by atoms with van der Waals surface area (Å²) < 4.78 is 5.07. The van der Waals surface area contributed by atoms with Gasteiger partial charge in [0.1, 0.15) is 5.75 Å². The first kappa shape index (κ1) is 9.71. The third-order valence-electron chi connectivity index (χ3n) is 2.12. The molecule has 0 unspecified atom stereocenters. The summed E-state index contributed by atoms with van der Waals surface area (Å²) in [6, 6.07) is 6.97. The Hall–Kier alpha value is -1.84. The summed E-state index contributed by atoms with van der Waals surface area (Å²) in [6.07, 6.45) is 1.38. The summed E-state index contributed by atoms with van der Waals surface area (Å²) >= 11 is 0. The minimum absolute atomic E-state index is 0.263. The van der Waals surface area contributed by atoms with Crippen LogP contribution in [0.5, 0.6) is 5.75 Å². The zero-order valence-electron chi connectivity index (χ0n) is 8.47. The molecule has 1 aromatic heterocycles. The number of aromatic nitrogens is 2. The molecule has 0 fully saturated rings. The van der Waals surface area contributed by atoms with Gasteiger partial charge < -0.3 is 9.63 Å². The quantitative estimate of drug-likeness (QED) is 0.829. The molecule has 78 valence electrons. The fourth-order valence-corrected chi connectivity index (χ4v) is 1.29. The van der Waals surface area contributed by atoms with E-state index < -0.39 is 0 Å². The van der Waals surface area contributed by atoms with Crippen LogP contribution >= 0.6 is 0 Å². The van der Waals surface area contributed by atoms with E-state index in [2.05, 4.69) is 10.1 Å². The van der Waals surface area contributed by atoms with E-state index in [9.17, 15) is 0 Å². The Morgan fingerprint density at radius 3 is 2.60 bits per heavy atom. The molecule has 0 radical (unpaired) electrons. The van der Waals surface area contributed by atoms with Crippen LogP contribution in [0.2, 0.25) is 0 Å². The highest BCUT2D eigenvalue weighted by Crippen LogP contribution is 2.12. The molecule has 2 rings (SSSR count). The molecule has 0 atom stereocenters. The summed E-state index contributed by atoms with van der Waals surface area (Å²) in [5, 5.41) is 12.9. The number of aryl methyl sites for hydroxylation is 1. The molecule has 4 nitrogen and oxygen atoms in total. The van der Waals surface area contributed by atoms with Crippen LogP contribution < -0.4 is 0 Å². The van der Waals surface area contributed by atoms with Gasteiger partial charge in [-0.05, 0) is 17.7 Å². The molecule has 1 heterocycles. The Bertz CT molecular complexity index is 434. The van der Waals surface area contributed by atoms with Crippen LogP contribution in [-0.4, -0.2) is 15.2 Å². The topological polar surface area (TPSA) is 59.2 Å². The maximum absolute atomic E-state index is 9.11. The number of rotatable bonds is 3. The average Bonchev–Trinajstić information content (AvgIpc) is 2.69. The zero-order valence-corrected chi connectivity index (χ0v) is 8.47. The summed E-state index contributed by atoms with van der Waals surface area (Å²) in [5.74, 6) is 1.60. The molecule has 0 bridgehead atoms. The molecule has 0 aliphatic rings. The van der Waals surface area contributed by atoms with Crippen LogP contribution in [0.4, 0.5) is 0 Å². The summed E-state index contributed by atoms with van der Waals surface area (Å²) in [5.41, 5.74) is 1.04. The lowest BCUT2D eigenvalue weighted by Gasteiger charge is -1.96. The third-order valence-corrected chi connectivity index (χ3v) is 2.12. The van der Waals surface area contributed by atoms with Gasteiger partial charge in [-0.25, -0.2) is 0 Å². The highest BCUT2D eigenvalue weighted by Gasteiger charge is 2.05. The number of benzene rings is 1. The van der Waals surface area contributed by atoms with E-state index >= 15 is 0 Å². The molecule has 0 aliphatic carbocycles. The van der Waals surface area contributed by atoms with Gasteiger partial charge in [-0.15, -0.1) is 0 Å². The van der Waals surface area contributed by atoms with E-state index in [0.29, 0.717) is 12.3 Å². The number of phenolic OH excluding ortho intramolecular Hbond substituents is 1. The Balaban J connectivity index is 2.11. The van der Waals surface area contributed by atoms with Crippen LogP contribution in [-0.2, 0) is 12.8 Å². The van der Waals surface area contributed by atoms with Crippen molar-refractivity contribution in [1.82, 2.24) is 10.1 Å². The Labute approximate surface area is 87.6 Å². The van der Waals surface area contributed by atoms with Crippen molar-refractivity contribution in [1.29, 1.82) is 0 Å². The number of hydrogen-bond acceptors (Lipinski definition) is 4. The van der Waals surface area contributed by atoms with E-state index in [0.717, 1.165) is 17.8 Å². The Morgan fingerprint density at radius 2 is 2.00 bits per heavy atom. The SMILES string of the molecule is CCc1noc(Cc2ccc(O)cc2)n1. The predicted molar refractivity (Wildman–Crippen MR) is 54.6 cm³/mol. The molecular weight excluding hydrogens is 192 g/mol. The number of phenols is 1. The normalized spacial score (nSPS) is 10.5. The minimum Gasteiger partial charge on any atom is -0.508 e. The largest absolute Gasteiger partial charge is 0.508 e. The number of nitrogens with zero attached hydrogens (tertiary/aromatic N) is 2. The van der Waals surface area contributed by atoms with E-state index in [4.69, 9.17) is 9.63 Å². The van der Waals surface area contributed by atoms with Crippen LogP contribution in [0.25, 0.3) is 0 Å². The van der Waals surface area contributed by atoms with Gasteiger partial charge in [-0.2, -0.15) is 4.98 Å². The van der Waals surface area contributed by atoms with Gasteiger partial charge in [0.15, 0.2) is 5.82 Å². The van der Waals surface area contributed by atoms with Gasteiger partial charge >= 0.3 is 0 Å². The highest BCUT2D eigenvalue weighted by molar-refractivity contribution is 5.27. The van der Waals surface area contributed by atoms with Gasteiger partial charge in [-0.3, -0.25) is 0 Å². The molecular formula is C11H12N2O2. The maximum Gasteiger partial charge on any atom is 0.231 e. The van der Waals surface area contributed by atoms with Gasteiger partial charge in [0.05, 0.1) is 6.42 Å². The Morgan fingerprint density at radius 1 is 1.27 bits per heavy atom. The predicted octanol–water partition coefficient (Wildman–Crippen LogP) is 1.93. The fourth-order valence-electron chi connectivity index (χ4n) is 1.29. The Kier molecular flexibility index (Phi) is 2.67. The monoisotopic (exact) mass is 204 g/mol. The number of hydrogen-bond donors (Lipinski definition) is 1. The minimum atomic E-state index is 0.263. The lowest BCUT2D eigenvalue weighted by molar-refractivity contribution is 0.379. The lowest BCUT2D eigenvalue weighted by atomic mass is 10.1. The van der Waals surface area contributed by atoms with E-state index in [1.807, 2.05) is 19.1 Å². The van der Waals surface area contributed by atoms with E-state index in [1.54, 1.807) is 12.1 Å². The van der Waals surface area contributed by atoms with Crippen molar-refractivity contribution in [3.8, 4) is 5.75 Å². The van der Waals surface area contributed by atoms with Crippen LogP contribution in [0, 0.1) is 0 Å². The van der Waals surface area contributed by atoms with Crippen LogP contribution in [0.3, 0.4) is 0 Å². The molecule has 0 aliphatic heterocycles. The van der Waals surface area contributed by atoms with Crippen molar-refractivity contribution in [3.05, 3.63) is 41.5 Å². The standard InChI is InChI=1S/C11H12N2O2/c1-2-10-12-11(15-13-10)7-8-3-5-9(14)6-4-8/h3-6,14H,2,7H2,1H3. The lowest BCUT2D eigenvalue weighted by Crippen LogP contribution is -1.88. The zero-order chi connectivity index (χ0) is 10.7. The summed E-state index contributed by atoms with van der Waals surface area (Å²) in [4.78, 5) is 4.21. The van der Waals surface area contributed by atoms with Crippen LogP contribution in [0.15, 0.2) is 28.8 Å². The van der Waals surface area contributed by atoms with E-state index in [1.165, 1.54) is 0 Å². The molecule has 0 spiro atoms. The van der Waals surface area contributed by atoms with Crippen molar-refractivity contribution >= 4 is 0 Å². The molecule has 0 amide bonds.